The summed E-state index contributed by atoms with van der Waals surface area (Å²) in [5, 5.41) is 0. The van der Waals surface area contributed by atoms with Crippen LogP contribution >= 0.6 is 0 Å². The Hall–Kier alpha value is -7.62. The van der Waals surface area contributed by atoms with Crippen molar-refractivity contribution in [3.8, 4) is 33.8 Å². The average molecular weight is 974 g/mol. The molecule has 0 bridgehead atoms. The number of rotatable bonds is 25. The number of hydrogen-bond acceptors (Lipinski definition) is 3. The second-order valence-corrected chi connectivity index (χ2v) is 20.2. The van der Waals surface area contributed by atoms with Crippen molar-refractivity contribution in [3.63, 3.8) is 0 Å². The fourth-order valence-electron chi connectivity index (χ4n) is 9.43. The van der Waals surface area contributed by atoms with Gasteiger partial charge in [-0.25, -0.2) is 0 Å². The van der Waals surface area contributed by atoms with Crippen molar-refractivity contribution in [2.45, 2.75) is 85.5 Å². The molecule has 0 fully saturated rings. The zero-order chi connectivity index (χ0) is 51.3. The lowest BCUT2D eigenvalue weighted by atomic mass is 9.97. The van der Waals surface area contributed by atoms with Crippen molar-refractivity contribution in [3.05, 3.63) is 233 Å². The second kappa shape index (κ2) is 27.4. The van der Waals surface area contributed by atoms with Crippen LogP contribution in [0.5, 0.6) is 11.5 Å². The maximum Gasteiger partial charge on any atom is 0.127 e. The van der Waals surface area contributed by atoms with Crippen molar-refractivity contribution < 1.29 is 9.47 Å². The average Bonchev–Trinajstić information content (AvgIpc) is 3.44. The minimum atomic E-state index is 0.616. The molecule has 0 amide bonds. The molecular weight excluding hydrogens is 899 g/mol. The van der Waals surface area contributed by atoms with Crippen molar-refractivity contribution in [1.29, 1.82) is 0 Å². The molecule has 1 atom stereocenters. The van der Waals surface area contributed by atoms with Gasteiger partial charge in [0.15, 0.2) is 0 Å². The van der Waals surface area contributed by atoms with E-state index in [1.165, 1.54) is 83.9 Å². The number of anilines is 3. The Morgan fingerprint density at radius 3 is 1.32 bits per heavy atom. The van der Waals surface area contributed by atoms with Crippen LogP contribution in [0.2, 0.25) is 0 Å². The largest absolute Gasteiger partial charge is 0.496 e. The number of nitrogens with zero attached hydrogens (tertiary/aromatic N) is 1. The summed E-state index contributed by atoms with van der Waals surface area (Å²) in [4.78, 5) is 2.37. The van der Waals surface area contributed by atoms with Crippen LogP contribution in [0.1, 0.15) is 118 Å². The van der Waals surface area contributed by atoms with Gasteiger partial charge in [0.05, 0.1) is 13.7 Å². The van der Waals surface area contributed by atoms with Crippen molar-refractivity contribution in [2.24, 2.45) is 11.8 Å². The third-order valence-electron chi connectivity index (χ3n) is 13.9. The first kappa shape index (κ1) is 52.7. The molecule has 1 unspecified atom stereocenters. The lowest BCUT2D eigenvalue weighted by Crippen LogP contribution is -2.10. The van der Waals surface area contributed by atoms with Crippen molar-refractivity contribution >= 4 is 53.5 Å². The molecule has 74 heavy (non-hydrogen) atoms. The Labute approximate surface area is 443 Å². The standard InChI is InChI=1S/C71H75NO2/c1-6-7-8-11-23-58-32-44-67(45-33-58)72(68-46-40-63(41-47-68)61-34-26-59(27-35-61)25-24-56-19-12-9-13-20-56)69-48-42-64(43-49-69)62-36-28-60(29-37-62)31-38-65-53-71(74-51-50-55(4)18-16-17-54(2)3)66(52-70(65)73-5)39-30-57-21-14-10-15-22-57/h9-10,12-15,19-22,24-49,52-55H,6-8,11,16-18,23,50-51H2,1-5H3. The molecule has 0 saturated heterocycles. The Morgan fingerprint density at radius 1 is 0.419 bits per heavy atom. The summed E-state index contributed by atoms with van der Waals surface area (Å²) in [7, 11) is 1.74. The van der Waals surface area contributed by atoms with E-state index in [4.69, 9.17) is 9.47 Å². The van der Waals surface area contributed by atoms with Gasteiger partial charge in [-0.2, -0.15) is 0 Å². The maximum atomic E-state index is 6.57. The minimum absolute atomic E-state index is 0.616. The first-order valence-corrected chi connectivity index (χ1v) is 27.1. The molecule has 0 N–H and O–H groups in total. The maximum absolute atomic E-state index is 6.57. The third-order valence-corrected chi connectivity index (χ3v) is 13.9. The normalized spacial score (nSPS) is 12.0. The fraction of sp³-hybridized carbons (Fsp3) is 0.239. The highest BCUT2D eigenvalue weighted by atomic mass is 16.5. The van der Waals surface area contributed by atoms with E-state index in [0.717, 1.165) is 69.6 Å². The Bertz CT molecular complexity index is 3000. The summed E-state index contributed by atoms with van der Waals surface area (Å²) < 4.78 is 12.5. The Balaban J connectivity index is 0.987. The predicted molar refractivity (Wildman–Crippen MR) is 320 cm³/mol. The van der Waals surface area contributed by atoms with E-state index in [2.05, 4.69) is 251 Å². The summed E-state index contributed by atoms with van der Waals surface area (Å²) in [6.07, 6.45) is 23.9. The lowest BCUT2D eigenvalue weighted by Gasteiger charge is -2.26. The van der Waals surface area contributed by atoms with Gasteiger partial charge in [-0.05, 0) is 130 Å². The number of methoxy groups -OCH3 is 1. The topological polar surface area (TPSA) is 21.7 Å². The van der Waals surface area contributed by atoms with E-state index in [0.29, 0.717) is 12.5 Å². The summed E-state index contributed by atoms with van der Waals surface area (Å²) in [5.74, 6) is 3.04. The number of hydrogen-bond donors (Lipinski definition) is 0. The van der Waals surface area contributed by atoms with Crippen LogP contribution in [-0.4, -0.2) is 13.7 Å². The second-order valence-electron chi connectivity index (χ2n) is 20.2. The van der Waals surface area contributed by atoms with E-state index in [-0.39, 0.29) is 0 Å². The van der Waals surface area contributed by atoms with E-state index >= 15 is 0 Å². The van der Waals surface area contributed by atoms with Crippen LogP contribution in [0.4, 0.5) is 17.1 Å². The van der Waals surface area contributed by atoms with E-state index < -0.39 is 0 Å². The summed E-state index contributed by atoms with van der Waals surface area (Å²) >= 11 is 0. The number of aryl methyl sites for hydroxylation is 1. The highest BCUT2D eigenvalue weighted by molar-refractivity contribution is 5.82. The number of ether oxygens (including phenoxy) is 2. The zero-order valence-electron chi connectivity index (χ0n) is 44.4. The summed E-state index contributed by atoms with van der Waals surface area (Å²) in [6.45, 7) is 9.91. The van der Waals surface area contributed by atoms with Gasteiger partial charge in [-0.3, -0.25) is 0 Å². The lowest BCUT2D eigenvalue weighted by molar-refractivity contribution is 0.275. The molecule has 0 aliphatic carbocycles. The van der Waals surface area contributed by atoms with Crippen LogP contribution in [0.3, 0.4) is 0 Å². The van der Waals surface area contributed by atoms with Crippen LogP contribution < -0.4 is 14.4 Å². The molecule has 8 rings (SSSR count). The number of unbranched alkanes of at least 4 members (excludes halogenated alkanes) is 3. The zero-order valence-corrected chi connectivity index (χ0v) is 44.4. The SMILES string of the molecule is CCCCCCc1ccc(N(c2ccc(-c3ccc(C=Cc4ccccc4)cc3)cc2)c2ccc(-c3ccc(C=Cc4cc(OCCC(C)CCCC(C)C)c(C=Cc5ccccc5)cc4OC)cc3)cc2)cc1. The van der Waals surface area contributed by atoms with Gasteiger partial charge >= 0.3 is 0 Å². The molecule has 8 aromatic carbocycles. The molecule has 3 heteroatoms. The molecular formula is C71H75NO2. The van der Waals surface area contributed by atoms with Crippen LogP contribution in [0.15, 0.2) is 194 Å². The molecule has 0 heterocycles. The van der Waals surface area contributed by atoms with E-state index in [9.17, 15) is 0 Å². The van der Waals surface area contributed by atoms with Gasteiger partial charge in [0, 0.05) is 28.2 Å². The monoisotopic (exact) mass is 974 g/mol. The van der Waals surface area contributed by atoms with Gasteiger partial charge in [0.25, 0.3) is 0 Å². The smallest absolute Gasteiger partial charge is 0.127 e. The van der Waals surface area contributed by atoms with Crippen molar-refractivity contribution in [2.75, 3.05) is 18.6 Å². The molecule has 0 saturated carbocycles. The molecule has 8 aromatic rings. The summed E-state index contributed by atoms with van der Waals surface area (Å²) in [6, 6.07) is 69.8. The highest BCUT2D eigenvalue weighted by Crippen LogP contribution is 2.38. The molecule has 3 nitrogen and oxygen atoms in total. The predicted octanol–water partition coefficient (Wildman–Crippen LogP) is 20.4. The van der Waals surface area contributed by atoms with Gasteiger partial charge in [-0.1, -0.05) is 248 Å². The molecule has 0 aliphatic heterocycles. The fourth-order valence-corrected chi connectivity index (χ4v) is 9.43. The van der Waals surface area contributed by atoms with Gasteiger partial charge in [-0.15, -0.1) is 0 Å². The molecule has 0 radical (unpaired) electrons. The Kier molecular flexibility index (Phi) is 19.5. The third kappa shape index (κ3) is 15.4. The van der Waals surface area contributed by atoms with E-state index in [1.54, 1.807) is 7.11 Å². The minimum Gasteiger partial charge on any atom is -0.496 e. The number of benzene rings is 8. The quantitative estimate of drug-likeness (QED) is 0.0421. The Morgan fingerprint density at radius 2 is 0.851 bits per heavy atom. The molecule has 0 aliphatic rings. The summed E-state index contributed by atoms with van der Waals surface area (Å²) in [5.41, 5.74) is 16.1. The van der Waals surface area contributed by atoms with Crippen LogP contribution in [0.25, 0.3) is 58.7 Å². The van der Waals surface area contributed by atoms with Crippen molar-refractivity contribution in [1.82, 2.24) is 0 Å². The van der Waals surface area contributed by atoms with Gasteiger partial charge in [0.1, 0.15) is 11.5 Å². The first-order valence-electron chi connectivity index (χ1n) is 27.1. The van der Waals surface area contributed by atoms with Gasteiger partial charge < -0.3 is 14.4 Å². The van der Waals surface area contributed by atoms with Gasteiger partial charge in [0.2, 0.25) is 0 Å². The van der Waals surface area contributed by atoms with E-state index in [1.807, 2.05) is 12.1 Å². The molecule has 376 valence electrons. The van der Waals surface area contributed by atoms with Crippen LogP contribution in [-0.2, 0) is 6.42 Å². The molecule has 0 aromatic heterocycles. The van der Waals surface area contributed by atoms with Crippen LogP contribution in [0, 0.1) is 11.8 Å². The molecule has 0 spiro atoms. The highest BCUT2D eigenvalue weighted by Gasteiger charge is 2.15. The first-order chi connectivity index (χ1) is 36.3.